The fraction of sp³-hybridized carbons (Fsp3) is 0.800. The van der Waals surface area contributed by atoms with Crippen LogP contribution in [0.2, 0.25) is 0 Å². The lowest BCUT2D eigenvalue weighted by Crippen LogP contribution is -2.41. The maximum Gasteiger partial charge on any atom is 0.303 e. The van der Waals surface area contributed by atoms with Gasteiger partial charge in [-0.15, -0.1) is 0 Å². The molecule has 14 heavy (non-hydrogen) atoms. The second kappa shape index (κ2) is 4.98. The Balaban J connectivity index is 2.49. The number of hydrogen-bond acceptors (Lipinski definition) is 2. The van der Waals surface area contributed by atoms with Crippen molar-refractivity contribution in [3.63, 3.8) is 0 Å². The minimum absolute atomic E-state index is 0.0627. The second-order valence-corrected chi connectivity index (χ2v) is 3.95. The van der Waals surface area contributed by atoms with E-state index in [0.717, 1.165) is 25.7 Å². The molecule has 1 rings (SSSR count). The Kier molecular flexibility index (Phi) is 3.92. The van der Waals surface area contributed by atoms with Gasteiger partial charge in [0.25, 0.3) is 0 Å². The average Bonchev–Trinajstić information content (AvgIpc) is 2.06. The van der Waals surface area contributed by atoms with Gasteiger partial charge in [-0.2, -0.15) is 0 Å². The van der Waals surface area contributed by atoms with Crippen molar-refractivity contribution >= 4 is 11.9 Å². The van der Waals surface area contributed by atoms with E-state index in [1.54, 1.807) is 0 Å². The van der Waals surface area contributed by atoms with Gasteiger partial charge in [0.15, 0.2) is 0 Å². The number of carboxylic acid groups (broad SMARTS) is 1. The molecule has 0 aromatic rings. The van der Waals surface area contributed by atoms with Crippen molar-refractivity contribution in [2.24, 2.45) is 5.92 Å². The van der Waals surface area contributed by atoms with Gasteiger partial charge >= 0.3 is 5.97 Å². The topological polar surface area (TPSA) is 66.4 Å². The molecule has 0 aromatic heterocycles. The highest BCUT2D eigenvalue weighted by Gasteiger charge is 2.27. The summed E-state index contributed by atoms with van der Waals surface area (Å²) in [6, 6.07) is 0.0670. The minimum atomic E-state index is -0.771. The van der Waals surface area contributed by atoms with Crippen molar-refractivity contribution in [3.05, 3.63) is 0 Å². The van der Waals surface area contributed by atoms with Gasteiger partial charge in [-0.3, -0.25) is 9.59 Å². The van der Waals surface area contributed by atoms with Crippen molar-refractivity contribution < 1.29 is 14.7 Å². The standard InChI is InChI=1S/C10H17NO3/c1-7(12)11-9-5-3-2-4-8(9)6-10(13)14/h8-9H,2-6H2,1H3,(H,11,12)(H,13,14). The third-order valence-corrected chi connectivity index (χ3v) is 2.73. The maximum atomic E-state index is 10.9. The summed E-state index contributed by atoms with van der Waals surface area (Å²) < 4.78 is 0. The first-order chi connectivity index (χ1) is 6.59. The minimum Gasteiger partial charge on any atom is -0.481 e. The zero-order valence-corrected chi connectivity index (χ0v) is 8.45. The second-order valence-electron chi connectivity index (χ2n) is 3.95. The molecule has 1 fully saturated rings. The van der Waals surface area contributed by atoms with E-state index < -0.39 is 5.97 Å². The van der Waals surface area contributed by atoms with Gasteiger partial charge in [-0.25, -0.2) is 0 Å². The summed E-state index contributed by atoms with van der Waals surface area (Å²) in [4.78, 5) is 21.5. The number of aliphatic carboxylic acids is 1. The molecular weight excluding hydrogens is 182 g/mol. The number of carbonyl (C=O) groups excluding carboxylic acids is 1. The lowest BCUT2D eigenvalue weighted by Gasteiger charge is -2.30. The van der Waals surface area contributed by atoms with Crippen LogP contribution in [0.15, 0.2) is 0 Å². The Morgan fingerprint density at radius 1 is 1.36 bits per heavy atom. The SMILES string of the molecule is CC(=O)NC1CCCCC1CC(=O)O. The van der Waals surface area contributed by atoms with Gasteiger partial charge < -0.3 is 10.4 Å². The highest BCUT2D eigenvalue weighted by molar-refractivity contribution is 5.73. The first kappa shape index (κ1) is 11.0. The van der Waals surface area contributed by atoms with E-state index in [0.29, 0.717) is 0 Å². The summed E-state index contributed by atoms with van der Waals surface area (Å²) in [7, 11) is 0. The maximum absolute atomic E-state index is 10.9. The Morgan fingerprint density at radius 2 is 2.00 bits per heavy atom. The van der Waals surface area contributed by atoms with Crippen LogP contribution in [0.1, 0.15) is 39.0 Å². The van der Waals surface area contributed by atoms with Crippen molar-refractivity contribution in [1.29, 1.82) is 0 Å². The zero-order chi connectivity index (χ0) is 10.6. The lowest BCUT2D eigenvalue weighted by atomic mass is 9.82. The molecule has 80 valence electrons. The highest BCUT2D eigenvalue weighted by atomic mass is 16.4. The molecule has 4 nitrogen and oxygen atoms in total. The van der Waals surface area contributed by atoms with Crippen LogP contribution in [0.4, 0.5) is 0 Å². The van der Waals surface area contributed by atoms with Crippen LogP contribution >= 0.6 is 0 Å². The monoisotopic (exact) mass is 199 g/mol. The zero-order valence-electron chi connectivity index (χ0n) is 8.45. The third kappa shape index (κ3) is 3.36. The number of rotatable bonds is 3. The predicted molar refractivity (Wildman–Crippen MR) is 51.8 cm³/mol. The summed E-state index contributed by atoms with van der Waals surface area (Å²) in [5.41, 5.74) is 0. The van der Waals surface area contributed by atoms with Crippen molar-refractivity contribution in [1.82, 2.24) is 5.32 Å². The molecule has 0 radical (unpaired) electrons. The molecule has 0 spiro atoms. The number of hydrogen-bond donors (Lipinski definition) is 2. The Bertz CT molecular complexity index is 203. The number of amides is 1. The largest absolute Gasteiger partial charge is 0.481 e. The summed E-state index contributed by atoms with van der Waals surface area (Å²) in [5, 5.41) is 11.5. The van der Waals surface area contributed by atoms with E-state index in [1.165, 1.54) is 6.92 Å². The first-order valence-corrected chi connectivity index (χ1v) is 5.08. The molecule has 1 saturated carbocycles. The summed E-state index contributed by atoms with van der Waals surface area (Å²) >= 11 is 0. The van der Waals surface area contributed by atoms with E-state index >= 15 is 0 Å². The van der Waals surface area contributed by atoms with E-state index in [4.69, 9.17) is 5.11 Å². The molecule has 1 aliphatic rings. The quantitative estimate of drug-likeness (QED) is 0.716. The van der Waals surface area contributed by atoms with E-state index in [2.05, 4.69) is 5.32 Å². The molecule has 2 N–H and O–H groups in total. The average molecular weight is 199 g/mol. The summed E-state index contributed by atoms with van der Waals surface area (Å²) in [6.45, 7) is 1.48. The lowest BCUT2D eigenvalue weighted by molar-refractivity contribution is -0.139. The number of nitrogens with one attached hydrogen (secondary N) is 1. The molecule has 0 aliphatic heterocycles. The van der Waals surface area contributed by atoms with Gasteiger partial charge in [0.2, 0.25) is 5.91 Å². The van der Waals surface area contributed by atoms with Gasteiger partial charge in [-0.1, -0.05) is 12.8 Å². The van der Waals surface area contributed by atoms with Crippen LogP contribution in [0, 0.1) is 5.92 Å². The van der Waals surface area contributed by atoms with Gasteiger partial charge in [0.05, 0.1) is 6.42 Å². The van der Waals surface area contributed by atoms with E-state index in [9.17, 15) is 9.59 Å². The molecule has 2 unspecified atom stereocenters. The Labute approximate surface area is 83.7 Å². The number of carboxylic acids is 1. The van der Waals surface area contributed by atoms with Crippen molar-refractivity contribution in [3.8, 4) is 0 Å². The first-order valence-electron chi connectivity index (χ1n) is 5.08. The molecule has 0 heterocycles. The smallest absolute Gasteiger partial charge is 0.303 e. The van der Waals surface area contributed by atoms with Crippen LogP contribution in [0.25, 0.3) is 0 Å². The van der Waals surface area contributed by atoms with E-state index in [1.807, 2.05) is 0 Å². The molecule has 0 saturated heterocycles. The van der Waals surface area contributed by atoms with Crippen molar-refractivity contribution in [2.75, 3.05) is 0 Å². The van der Waals surface area contributed by atoms with Gasteiger partial charge in [-0.05, 0) is 18.8 Å². The van der Waals surface area contributed by atoms with Gasteiger partial charge in [0, 0.05) is 13.0 Å². The number of carbonyl (C=O) groups is 2. The van der Waals surface area contributed by atoms with Crippen LogP contribution in [0.5, 0.6) is 0 Å². The predicted octanol–water partition coefficient (Wildman–Crippen LogP) is 1.16. The van der Waals surface area contributed by atoms with Gasteiger partial charge in [0.1, 0.15) is 0 Å². The van der Waals surface area contributed by atoms with E-state index in [-0.39, 0.29) is 24.3 Å². The molecular formula is C10H17NO3. The molecule has 1 aliphatic carbocycles. The highest BCUT2D eigenvalue weighted by Crippen LogP contribution is 2.26. The van der Waals surface area contributed by atoms with Crippen molar-refractivity contribution in [2.45, 2.75) is 45.1 Å². The Hall–Kier alpha value is -1.06. The third-order valence-electron chi connectivity index (χ3n) is 2.73. The summed E-state index contributed by atoms with van der Waals surface area (Å²) in [5.74, 6) is -0.718. The molecule has 0 aromatic carbocycles. The molecule has 1 amide bonds. The fourth-order valence-electron chi connectivity index (χ4n) is 2.13. The summed E-state index contributed by atoms with van der Waals surface area (Å²) in [6.07, 6.45) is 4.16. The fourth-order valence-corrected chi connectivity index (χ4v) is 2.13. The molecule has 4 heteroatoms. The van der Waals surface area contributed by atoms with Crippen LogP contribution in [0.3, 0.4) is 0 Å². The van der Waals surface area contributed by atoms with Crippen LogP contribution in [-0.4, -0.2) is 23.0 Å². The Morgan fingerprint density at radius 3 is 2.57 bits per heavy atom. The van der Waals surface area contributed by atoms with Crippen LogP contribution < -0.4 is 5.32 Å². The normalized spacial score (nSPS) is 26.9. The molecule has 0 bridgehead atoms. The van der Waals surface area contributed by atoms with Crippen LogP contribution in [-0.2, 0) is 9.59 Å². The molecule has 2 atom stereocenters.